The third kappa shape index (κ3) is 5.96. The van der Waals surface area contributed by atoms with Crippen molar-refractivity contribution in [2.75, 3.05) is 19.0 Å². The highest BCUT2D eigenvalue weighted by Crippen LogP contribution is 2.38. The molecule has 1 amide bonds. The van der Waals surface area contributed by atoms with Gasteiger partial charge in [0.15, 0.2) is 0 Å². The number of hydrogen-bond donors (Lipinski definition) is 3. The fourth-order valence-corrected chi connectivity index (χ4v) is 7.20. The average molecular weight is 589 g/mol. The molecule has 218 valence electrons. The van der Waals surface area contributed by atoms with Crippen molar-refractivity contribution < 1.29 is 32.0 Å². The lowest BCUT2D eigenvalue weighted by Crippen LogP contribution is -2.56. The Balaban J connectivity index is 1.40. The zero-order valence-corrected chi connectivity index (χ0v) is 23.3. The number of carbonyl (C=O) groups excluding carboxylic acids is 1. The van der Waals surface area contributed by atoms with Crippen molar-refractivity contribution in [2.45, 2.75) is 54.7 Å². The van der Waals surface area contributed by atoms with Gasteiger partial charge in [0.05, 0.1) is 17.0 Å². The zero-order valence-electron chi connectivity index (χ0n) is 22.5. The molecule has 5 unspecified atom stereocenters. The first kappa shape index (κ1) is 29.1. The second kappa shape index (κ2) is 11.4. The van der Waals surface area contributed by atoms with Gasteiger partial charge in [0, 0.05) is 37.4 Å². The average Bonchev–Trinajstić information content (AvgIpc) is 3.04. The predicted octanol–water partition coefficient (Wildman–Crippen LogP) is 4.80. The molecule has 0 spiro atoms. The molecule has 5 atom stereocenters. The summed E-state index contributed by atoms with van der Waals surface area (Å²) in [6.07, 6.45) is -3.96. The molecule has 0 saturated heterocycles. The van der Waals surface area contributed by atoms with Crippen molar-refractivity contribution in [3.8, 4) is 5.75 Å². The van der Waals surface area contributed by atoms with Gasteiger partial charge in [-0.05, 0) is 60.4 Å². The number of anilines is 1. The van der Waals surface area contributed by atoms with Crippen molar-refractivity contribution in [1.82, 2.24) is 10.0 Å². The van der Waals surface area contributed by atoms with E-state index < -0.39 is 46.3 Å². The molecule has 1 saturated carbocycles. The quantitative estimate of drug-likeness (QED) is 0.384. The van der Waals surface area contributed by atoms with Crippen LogP contribution < -0.4 is 19.7 Å². The van der Waals surface area contributed by atoms with Gasteiger partial charge < -0.3 is 20.1 Å². The number of aliphatic hydroxyl groups is 1. The topological polar surface area (TPSA) is 103 Å². The highest BCUT2D eigenvalue weighted by atomic mass is 32.2. The Hall–Kier alpha value is -3.45. The highest BCUT2D eigenvalue weighted by Gasteiger charge is 2.38. The summed E-state index contributed by atoms with van der Waals surface area (Å²) in [4.78, 5) is 15.1. The van der Waals surface area contributed by atoms with E-state index in [0.717, 1.165) is 28.9 Å². The van der Waals surface area contributed by atoms with Crippen LogP contribution in [0.5, 0.6) is 5.75 Å². The molecule has 1 aliphatic heterocycles. The number of carbonyl (C=O) groups is 1. The van der Waals surface area contributed by atoms with Gasteiger partial charge in [0.1, 0.15) is 15.7 Å². The molecular formula is C29H31F3N4O4S. The Morgan fingerprint density at radius 3 is 2.29 bits per heavy atom. The minimum Gasteiger partial charge on any atom is -0.406 e. The number of fused-ring (bicyclic) bond motifs is 2. The summed E-state index contributed by atoms with van der Waals surface area (Å²) in [5.41, 5.74) is 3.01. The molecule has 2 aliphatic rings. The van der Waals surface area contributed by atoms with Crippen LogP contribution in [-0.4, -0.2) is 53.9 Å². The molecule has 8 nitrogen and oxygen atoms in total. The van der Waals surface area contributed by atoms with Crippen molar-refractivity contribution >= 4 is 21.5 Å². The molecule has 41 heavy (non-hydrogen) atoms. The van der Waals surface area contributed by atoms with Crippen LogP contribution in [0.15, 0.2) is 82.1 Å². The Morgan fingerprint density at radius 1 is 0.976 bits per heavy atom. The van der Waals surface area contributed by atoms with E-state index in [1.165, 1.54) is 19.2 Å². The predicted molar refractivity (Wildman–Crippen MR) is 149 cm³/mol. The van der Waals surface area contributed by atoms with Crippen LogP contribution in [0.1, 0.15) is 46.8 Å². The molecule has 3 N–H and O–H groups in total. The summed E-state index contributed by atoms with van der Waals surface area (Å²) in [5, 5.41) is 15.1. The van der Waals surface area contributed by atoms with Gasteiger partial charge in [-0.25, -0.2) is 13.3 Å². The molecule has 1 heterocycles. The lowest BCUT2D eigenvalue weighted by molar-refractivity contribution is -0.274. The summed E-state index contributed by atoms with van der Waals surface area (Å²) < 4.78 is 62.4. The maximum atomic E-state index is 13.8. The highest BCUT2D eigenvalue weighted by molar-refractivity contribution is 7.91. The Morgan fingerprint density at radius 2 is 1.61 bits per heavy atom. The van der Waals surface area contributed by atoms with Crippen LogP contribution in [0.2, 0.25) is 0 Å². The Kier molecular flexibility index (Phi) is 8.11. The van der Waals surface area contributed by atoms with Crippen molar-refractivity contribution in [3.63, 3.8) is 0 Å². The second-order valence-corrected chi connectivity index (χ2v) is 12.2. The SMILES string of the molecule is CN=S(=O)(NC1CCCC(NC2c3ccccc3C(=O)N(C)c3ccccc32)C1O)c1ccc(OC(F)(F)F)cc1. The van der Waals surface area contributed by atoms with E-state index in [1.54, 1.807) is 18.0 Å². The van der Waals surface area contributed by atoms with Crippen LogP contribution in [0.3, 0.4) is 0 Å². The van der Waals surface area contributed by atoms with E-state index in [-0.39, 0.29) is 10.8 Å². The van der Waals surface area contributed by atoms with Gasteiger partial charge in [-0.2, -0.15) is 0 Å². The van der Waals surface area contributed by atoms with Gasteiger partial charge in [-0.3, -0.25) is 4.79 Å². The minimum absolute atomic E-state index is 0.128. The van der Waals surface area contributed by atoms with Gasteiger partial charge in [-0.15, -0.1) is 13.2 Å². The summed E-state index contributed by atoms with van der Waals surface area (Å²) in [6, 6.07) is 18.3. The summed E-state index contributed by atoms with van der Waals surface area (Å²) in [5.74, 6) is -0.564. The van der Waals surface area contributed by atoms with E-state index in [2.05, 4.69) is 19.1 Å². The van der Waals surface area contributed by atoms with E-state index in [1.807, 2.05) is 42.5 Å². The van der Waals surface area contributed by atoms with Gasteiger partial charge in [0.2, 0.25) is 0 Å². The van der Waals surface area contributed by atoms with Gasteiger partial charge in [-0.1, -0.05) is 42.8 Å². The minimum atomic E-state index is -4.84. The van der Waals surface area contributed by atoms with Crippen LogP contribution in [0.25, 0.3) is 0 Å². The lowest BCUT2D eigenvalue weighted by Gasteiger charge is -2.38. The summed E-state index contributed by atoms with van der Waals surface area (Å²) in [7, 11) is -0.181. The summed E-state index contributed by atoms with van der Waals surface area (Å²) >= 11 is 0. The molecule has 5 rings (SSSR count). The van der Waals surface area contributed by atoms with Crippen LogP contribution in [0.4, 0.5) is 18.9 Å². The van der Waals surface area contributed by atoms with E-state index in [9.17, 15) is 27.3 Å². The first-order valence-corrected chi connectivity index (χ1v) is 14.7. The van der Waals surface area contributed by atoms with E-state index >= 15 is 0 Å². The molecule has 1 aliphatic carbocycles. The number of alkyl halides is 3. The van der Waals surface area contributed by atoms with Crippen LogP contribution in [-0.2, 0) is 9.92 Å². The van der Waals surface area contributed by atoms with E-state index in [0.29, 0.717) is 24.8 Å². The molecule has 0 radical (unpaired) electrons. The zero-order chi connectivity index (χ0) is 29.4. The fraction of sp³-hybridized carbons (Fsp3) is 0.345. The number of nitrogens with one attached hydrogen (secondary N) is 2. The summed E-state index contributed by atoms with van der Waals surface area (Å²) in [6.45, 7) is 0. The molecule has 12 heteroatoms. The molecule has 3 aromatic carbocycles. The number of rotatable bonds is 6. The maximum absolute atomic E-state index is 13.8. The van der Waals surface area contributed by atoms with Gasteiger partial charge >= 0.3 is 6.36 Å². The molecule has 0 bridgehead atoms. The van der Waals surface area contributed by atoms with Crippen molar-refractivity contribution in [3.05, 3.63) is 89.5 Å². The first-order chi connectivity index (χ1) is 19.5. The van der Waals surface area contributed by atoms with E-state index in [4.69, 9.17) is 0 Å². The molecule has 0 aromatic heterocycles. The molecule has 3 aromatic rings. The Bertz CT molecular complexity index is 1540. The van der Waals surface area contributed by atoms with Crippen LogP contribution in [0, 0.1) is 0 Å². The number of para-hydroxylation sites is 1. The fourth-order valence-electron chi connectivity index (χ4n) is 5.58. The second-order valence-electron chi connectivity index (χ2n) is 10.1. The number of hydrogen-bond acceptors (Lipinski definition) is 6. The number of halogens is 3. The smallest absolute Gasteiger partial charge is 0.406 e. The number of benzene rings is 3. The molecular weight excluding hydrogens is 557 g/mol. The monoisotopic (exact) mass is 588 g/mol. The van der Waals surface area contributed by atoms with Crippen molar-refractivity contribution in [2.24, 2.45) is 4.36 Å². The largest absolute Gasteiger partial charge is 0.573 e. The third-order valence-corrected chi connectivity index (χ3v) is 9.64. The number of nitrogens with zero attached hydrogens (tertiary/aromatic N) is 2. The standard InChI is InChI=1S/C29H31F3N4O4S/c1-33-41(39,19-16-14-18(15-17-19)40-29(30,31)32)35-24-12-7-11-23(27(24)37)34-26-20-8-3-4-9-21(20)28(38)36(2)25-13-6-5-10-22(25)26/h3-6,8-10,13-17,23-24,26-27,34,37H,7,11-12H2,1-2H3,(H,33,35,39). The number of amides is 1. The van der Waals surface area contributed by atoms with Crippen molar-refractivity contribution in [1.29, 1.82) is 0 Å². The number of ether oxygens (including phenoxy) is 1. The van der Waals surface area contributed by atoms with Gasteiger partial charge in [0.25, 0.3) is 5.91 Å². The normalized spacial score (nSPS) is 24.0. The third-order valence-electron chi connectivity index (χ3n) is 7.60. The number of aliphatic hydroxyl groups excluding tert-OH is 1. The van der Waals surface area contributed by atoms with Crippen LogP contribution >= 0.6 is 0 Å². The molecule has 1 fully saturated rings. The first-order valence-electron chi connectivity index (χ1n) is 13.2. The maximum Gasteiger partial charge on any atom is 0.573 e. The Labute approximate surface area is 236 Å². The lowest BCUT2D eigenvalue weighted by atomic mass is 9.86.